The summed E-state index contributed by atoms with van der Waals surface area (Å²) in [5, 5.41) is 2.29. The van der Waals surface area contributed by atoms with Gasteiger partial charge in [0.25, 0.3) is 0 Å². The van der Waals surface area contributed by atoms with Crippen LogP contribution in [0.1, 0.15) is 27.7 Å². The molecule has 1 aliphatic heterocycles. The first-order valence-corrected chi connectivity index (χ1v) is 9.71. The maximum absolute atomic E-state index is 6.16. The fourth-order valence-corrected chi connectivity index (χ4v) is 3.72. The van der Waals surface area contributed by atoms with Crippen LogP contribution in [0.25, 0.3) is 33.1 Å². The standard InChI is InChI=1S/C24H23BO3/c1-23(2)24(3,4)28-25(27-23)18-12-9-16(10-13-18)17-11-14-22-20(15-17)19-7-5-6-8-21(19)26-22/h5-15H,1-4H3. The second-order valence-corrected chi connectivity index (χ2v) is 8.52. The Labute approximate surface area is 165 Å². The van der Waals surface area contributed by atoms with Crippen molar-refractivity contribution >= 4 is 34.5 Å². The zero-order chi connectivity index (χ0) is 19.5. The molecule has 0 unspecified atom stereocenters. The number of hydrogen-bond acceptors (Lipinski definition) is 3. The maximum atomic E-state index is 6.16. The van der Waals surface area contributed by atoms with Crippen LogP contribution >= 0.6 is 0 Å². The van der Waals surface area contributed by atoms with E-state index < -0.39 is 0 Å². The van der Waals surface area contributed by atoms with Gasteiger partial charge in [0.1, 0.15) is 11.2 Å². The summed E-state index contributed by atoms with van der Waals surface area (Å²) in [7, 11) is -0.334. The van der Waals surface area contributed by atoms with Crippen LogP contribution in [-0.4, -0.2) is 18.3 Å². The second kappa shape index (κ2) is 5.97. The summed E-state index contributed by atoms with van der Waals surface area (Å²) in [6, 6.07) is 23.0. The molecule has 1 saturated heterocycles. The molecule has 3 aromatic carbocycles. The van der Waals surface area contributed by atoms with Crippen molar-refractivity contribution < 1.29 is 13.7 Å². The predicted molar refractivity (Wildman–Crippen MR) is 115 cm³/mol. The van der Waals surface area contributed by atoms with Crippen molar-refractivity contribution in [2.75, 3.05) is 0 Å². The first-order valence-electron chi connectivity index (χ1n) is 9.71. The molecule has 0 N–H and O–H groups in total. The molecule has 3 nitrogen and oxygen atoms in total. The van der Waals surface area contributed by atoms with E-state index in [1.807, 2.05) is 24.3 Å². The molecule has 0 bridgehead atoms. The molecule has 0 spiro atoms. The van der Waals surface area contributed by atoms with Crippen LogP contribution in [-0.2, 0) is 9.31 Å². The molecular weight excluding hydrogens is 347 g/mol. The van der Waals surface area contributed by atoms with Gasteiger partial charge >= 0.3 is 7.12 Å². The van der Waals surface area contributed by atoms with Crippen LogP contribution in [0.5, 0.6) is 0 Å². The van der Waals surface area contributed by atoms with Gasteiger partial charge in [-0.15, -0.1) is 0 Å². The van der Waals surface area contributed by atoms with Crippen molar-refractivity contribution in [1.29, 1.82) is 0 Å². The van der Waals surface area contributed by atoms with E-state index in [0.29, 0.717) is 0 Å². The minimum absolute atomic E-state index is 0.330. The van der Waals surface area contributed by atoms with Crippen LogP contribution in [0.2, 0.25) is 0 Å². The highest BCUT2D eigenvalue weighted by Crippen LogP contribution is 2.37. The predicted octanol–water partition coefficient (Wildman–Crippen LogP) is 5.55. The molecular formula is C24H23BO3. The smallest absolute Gasteiger partial charge is 0.456 e. The van der Waals surface area contributed by atoms with E-state index in [9.17, 15) is 0 Å². The summed E-state index contributed by atoms with van der Waals surface area (Å²) < 4.78 is 18.2. The molecule has 1 fully saturated rings. The number of fused-ring (bicyclic) bond motifs is 3. The van der Waals surface area contributed by atoms with Gasteiger partial charge in [-0.2, -0.15) is 0 Å². The van der Waals surface area contributed by atoms with Crippen LogP contribution in [0.15, 0.2) is 71.1 Å². The normalized spacial score (nSPS) is 18.2. The van der Waals surface area contributed by atoms with Gasteiger partial charge < -0.3 is 13.7 Å². The van der Waals surface area contributed by atoms with Gasteiger partial charge in [-0.3, -0.25) is 0 Å². The highest BCUT2D eigenvalue weighted by atomic mass is 16.7. The largest absolute Gasteiger partial charge is 0.494 e. The van der Waals surface area contributed by atoms with Gasteiger partial charge in [0.05, 0.1) is 11.2 Å². The minimum Gasteiger partial charge on any atom is -0.456 e. The van der Waals surface area contributed by atoms with E-state index in [0.717, 1.165) is 33.0 Å². The Kier molecular flexibility index (Phi) is 3.74. The van der Waals surface area contributed by atoms with Crippen molar-refractivity contribution in [1.82, 2.24) is 0 Å². The molecule has 4 aromatic rings. The molecule has 0 saturated carbocycles. The Balaban J connectivity index is 1.48. The van der Waals surface area contributed by atoms with E-state index in [1.165, 1.54) is 5.56 Å². The molecule has 0 amide bonds. The van der Waals surface area contributed by atoms with Crippen LogP contribution in [0.3, 0.4) is 0 Å². The quantitative estimate of drug-likeness (QED) is 0.434. The van der Waals surface area contributed by atoms with Gasteiger partial charge in [0.2, 0.25) is 0 Å². The van der Waals surface area contributed by atoms with E-state index in [1.54, 1.807) is 0 Å². The molecule has 0 radical (unpaired) electrons. The van der Waals surface area contributed by atoms with E-state index in [-0.39, 0.29) is 18.3 Å². The van der Waals surface area contributed by atoms with E-state index >= 15 is 0 Å². The zero-order valence-corrected chi connectivity index (χ0v) is 16.7. The Hall–Kier alpha value is -2.56. The third-order valence-electron chi connectivity index (χ3n) is 6.15. The topological polar surface area (TPSA) is 31.6 Å². The number of benzene rings is 3. The van der Waals surface area contributed by atoms with Crippen LogP contribution in [0, 0.1) is 0 Å². The van der Waals surface area contributed by atoms with Gasteiger partial charge in [-0.05, 0) is 62.5 Å². The third kappa shape index (κ3) is 2.68. The number of hydrogen-bond donors (Lipinski definition) is 0. The lowest BCUT2D eigenvalue weighted by molar-refractivity contribution is 0.00578. The molecule has 0 atom stereocenters. The van der Waals surface area contributed by atoms with Gasteiger partial charge in [-0.1, -0.05) is 48.5 Å². The Morgan fingerprint density at radius 1 is 0.643 bits per heavy atom. The summed E-state index contributed by atoms with van der Waals surface area (Å²) in [6.07, 6.45) is 0. The van der Waals surface area contributed by atoms with Crippen molar-refractivity contribution in [2.24, 2.45) is 0 Å². The molecule has 140 valence electrons. The van der Waals surface area contributed by atoms with Crippen molar-refractivity contribution in [3.05, 3.63) is 66.7 Å². The Morgan fingerprint density at radius 3 is 1.96 bits per heavy atom. The summed E-state index contributed by atoms with van der Waals surface area (Å²) in [4.78, 5) is 0. The molecule has 5 rings (SSSR count). The lowest BCUT2D eigenvalue weighted by atomic mass is 9.78. The maximum Gasteiger partial charge on any atom is 0.494 e. The highest BCUT2D eigenvalue weighted by Gasteiger charge is 2.51. The number of para-hydroxylation sites is 1. The monoisotopic (exact) mass is 370 g/mol. The molecule has 0 aliphatic carbocycles. The fourth-order valence-electron chi connectivity index (χ4n) is 3.72. The first kappa shape index (κ1) is 17.5. The Bertz CT molecular complexity index is 1160. The highest BCUT2D eigenvalue weighted by molar-refractivity contribution is 6.62. The van der Waals surface area contributed by atoms with E-state index in [4.69, 9.17) is 13.7 Å². The van der Waals surface area contributed by atoms with Gasteiger partial charge in [0.15, 0.2) is 0 Å². The second-order valence-electron chi connectivity index (χ2n) is 8.52. The van der Waals surface area contributed by atoms with Crippen LogP contribution < -0.4 is 5.46 Å². The van der Waals surface area contributed by atoms with Gasteiger partial charge in [-0.25, -0.2) is 0 Å². The molecule has 1 aliphatic rings. The summed E-state index contributed by atoms with van der Waals surface area (Å²) in [5.41, 5.74) is 4.54. The molecule has 28 heavy (non-hydrogen) atoms. The molecule has 2 heterocycles. The SMILES string of the molecule is CC1(C)OB(c2ccc(-c3ccc4oc5ccccc5c4c3)cc2)OC1(C)C. The van der Waals surface area contributed by atoms with Crippen molar-refractivity contribution in [3.63, 3.8) is 0 Å². The summed E-state index contributed by atoms with van der Waals surface area (Å²) >= 11 is 0. The Morgan fingerprint density at radius 2 is 1.25 bits per heavy atom. The van der Waals surface area contributed by atoms with Crippen molar-refractivity contribution in [3.8, 4) is 11.1 Å². The van der Waals surface area contributed by atoms with Crippen molar-refractivity contribution in [2.45, 2.75) is 38.9 Å². The number of furan rings is 1. The zero-order valence-electron chi connectivity index (χ0n) is 16.7. The summed E-state index contributed by atoms with van der Waals surface area (Å²) in [5.74, 6) is 0. The summed E-state index contributed by atoms with van der Waals surface area (Å²) in [6.45, 7) is 8.30. The molecule has 1 aromatic heterocycles. The lowest BCUT2D eigenvalue weighted by Gasteiger charge is -2.32. The minimum atomic E-state index is -0.334. The molecule has 4 heteroatoms. The van der Waals surface area contributed by atoms with Gasteiger partial charge in [0, 0.05) is 10.8 Å². The third-order valence-corrected chi connectivity index (χ3v) is 6.15. The fraction of sp³-hybridized carbons (Fsp3) is 0.250. The van der Waals surface area contributed by atoms with Crippen LogP contribution in [0.4, 0.5) is 0 Å². The average molecular weight is 370 g/mol. The van der Waals surface area contributed by atoms with E-state index in [2.05, 4.69) is 70.2 Å². The first-order chi connectivity index (χ1) is 13.3. The number of rotatable bonds is 2. The lowest BCUT2D eigenvalue weighted by Crippen LogP contribution is -2.41. The average Bonchev–Trinajstić information content (AvgIpc) is 3.15.